The number of aromatic nitrogens is 2. The van der Waals surface area contributed by atoms with Crippen LogP contribution in [-0.2, 0) is 0 Å². The SMILES string of the molecule is FC(F)(F)Oc1cccc(-c2cc(N3CCNCC3)nc(-c3ccccc3)n2)c1. The van der Waals surface area contributed by atoms with Gasteiger partial charge in [-0.2, -0.15) is 0 Å². The van der Waals surface area contributed by atoms with Crippen molar-refractivity contribution in [3.63, 3.8) is 0 Å². The van der Waals surface area contributed by atoms with Gasteiger partial charge in [0.25, 0.3) is 0 Å². The summed E-state index contributed by atoms with van der Waals surface area (Å²) in [6.45, 7) is 3.27. The van der Waals surface area contributed by atoms with Crippen molar-refractivity contribution in [1.29, 1.82) is 0 Å². The van der Waals surface area contributed by atoms with E-state index in [1.807, 2.05) is 36.4 Å². The number of alkyl halides is 3. The molecule has 4 rings (SSSR count). The van der Waals surface area contributed by atoms with Crippen LogP contribution in [0.3, 0.4) is 0 Å². The summed E-state index contributed by atoms with van der Waals surface area (Å²) in [5, 5.41) is 3.30. The first-order chi connectivity index (χ1) is 14.0. The zero-order chi connectivity index (χ0) is 20.3. The van der Waals surface area contributed by atoms with Crippen molar-refractivity contribution in [1.82, 2.24) is 15.3 Å². The Hall–Kier alpha value is -3.13. The predicted octanol–water partition coefficient (Wildman–Crippen LogP) is 4.12. The Kier molecular flexibility index (Phi) is 5.35. The molecule has 0 unspecified atom stereocenters. The van der Waals surface area contributed by atoms with Gasteiger partial charge in [-0.05, 0) is 12.1 Å². The van der Waals surface area contributed by atoms with Crippen LogP contribution < -0.4 is 15.0 Å². The Labute approximate surface area is 166 Å². The van der Waals surface area contributed by atoms with Gasteiger partial charge in [0, 0.05) is 43.4 Å². The zero-order valence-corrected chi connectivity index (χ0v) is 15.5. The van der Waals surface area contributed by atoms with Crippen molar-refractivity contribution in [2.45, 2.75) is 6.36 Å². The Balaban J connectivity index is 1.77. The highest BCUT2D eigenvalue weighted by atomic mass is 19.4. The molecule has 3 aromatic rings. The van der Waals surface area contributed by atoms with Crippen molar-refractivity contribution in [2.75, 3.05) is 31.1 Å². The summed E-state index contributed by atoms with van der Waals surface area (Å²) in [4.78, 5) is 11.5. The van der Waals surface area contributed by atoms with Crippen LogP contribution in [0.1, 0.15) is 0 Å². The van der Waals surface area contributed by atoms with Gasteiger partial charge in [-0.25, -0.2) is 9.97 Å². The molecule has 1 saturated heterocycles. The molecule has 0 atom stereocenters. The van der Waals surface area contributed by atoms with Crippen molar-refractivity contribution >= 4 is 5.82 Å². The smallest absolute Gasteiger partial charge is 0.406 e. The first-order valence-electron chi connectivity index (χ1n) is 9.24. The third-order valence-electron chi connectivity index (χ3n) is 4.55. The van der Waals surface area contributed by atoms with E-state index in [0.29, 0.717) is 17.1 Å². The third-order valence-corrected chi connectivity index (χ3v) is 4.55. The second kappa shape index (κ2) is 8.08. The molecule has 1 N–H and O–H groups in total. The van der Waals surface area contributed by atoms with Crippen LogP contribution in [0.25, 0.3) is 22.6 Å². The van der Waals surface area contributed by atoms with Gasteiger partial charge in [0.05, 0.1) is 5.69 Å². The molecule has 8 heteroatoms. The van der Waals surface area contributed by atoms with Crippen molar-refractivity contribution in [3.05, 3.63) is 60.7 Å². The number of benzene rings is 2. The molecular formula is C21H19F3N4O. The maximum atomic E-state index is 12.6. The van der Waals surface area contributed by atoms with Crippen molar-refractivity contribution in [3.8, 4) is 28.4 Å². The van der Waals surface area contributed by atoms with Gasteiger partial charge in [-0.1, -0.05) is 42.5 Å². The van der Waals surface area contributed by atoms with E-state index in [1.54, 1.807) is 6.07 Å². The summed E-state index contributed by atoms with van der Waals surface area (Å²) in [6.07, 6.45) is -4.74. The highest BCUT2D eigenvalue weighted by molar-refractivity contribution is 5.69. The van der Waals surface area contributed by atoms with E-state index in [2.05, 4.69) is 19.9 Å². The molecule has 150 valence electrons. The normalized spacial score (nSPS) is 14.7. The molecule has 1 aromatic heterocycles. The highest BCUT2D eigenvalue weighted by Crippen LogP contribution is 2.30. The molecule has 0 bridgehead atoms. The summed E-state index contributed by atoms with van der Waals surface area (Å²) < 4.78 is 41.9. The molecule has 0 aliphatic carbocycles. The number of hydrogen-bond acceptors (Lipinski definition) is 5. The minimum absolute atomic E-state index is 0.279. The van der Waals surface area contributed by atoms with Gasteiger partial charge in [0.2, 0.25) is 0 Å². The molecule has 0 saturated carbocycles. The molecule has 2 aromatic carbocycles. The van der Waals surface area contributed by atoms with Gasteiger partial charge in [0.15, 0.2) is 5.82 Å². The van der Waals surface area contributed by atoms with E-state index in [9.17, 15) is 13.2 Å². The van der Waals surface area contributed by atoms with E-state index < -0.39 is 6.36 Å². The number of nitrogens with one attached hydrogen (secondary N) is 1. The number of nitrogens with zero attached hydrogens (tertiary/aromatic N) is 3. The van der Waals surface area contributed by atoms with Crippen molar-refractivity contribution in [2.24, 2.45) is 0 Å². The van der Waals surface area contributed by atoms with Gasteiger partial charge >= 0.3 is 6.36 Å². The first kappa shape index (κ1) is 19.2. The predicted molar refractivity (Wildman–Crippen MR) is 105 cm³/mol. The number of ether oxygens (including phenoxy) is 1. The van der Waals surface area contributed by atoms with E-state index in [0.717, 1.165) is 37.6 Å². The molecule has 0 spiro atoms. The van der Waals surface area contributed by atoms with Crippen LogP contribution >= 0.6 is 0 Å². The van der Waals surface area contributed by atoms with Gasteiger partial charge < -0.3 is 15.0 Å². The fourth-order valence-corrected chi connectivity index (χ4v) is 3.21. The lowest BCUT2D eigenvalue weighted by atomic mass is 10.1. The average Bonchev–Trinajstić information content (AvgIpc) is 2.74. The number of halogens is 3. The quantitative estimate of drug-likeness (QED) is 0.714. The molecule has 29 heavy (non-hydrogen) atoms. The third kappa shape index (κ3) is 4.83. The first-order valence-corrected chi connectivity index (χ1v) is 9.24. The lowest BCUT2D eigenvalue weighted by molar-refractivity contribution is -0.274. The molecule has 0 amide bonds. The fourth-order valence-electron chi connectivity index (χ4n) is 3.21. The molecule has 1 aliphatic rings. The zero-order valence-electron chi connectivity index (χ0n) is 15.5. The van der Waals surface area contributed by atoms with E-state index in [4.69, 9.17) is 4.98 Å². The van der Waals surface area contributed by atoms with Crippen LogP contribution in [-0.4, -0.2) is 42.5 Å². The van der Waals surface area contributed by atoms with Crippen LogP contribution in [0.5, 0.6) is 5.75 Å². The van der Waals surface area contributed by atoms with E-state index in [-0.39, 0.29) is 5.75 Å². The van der Waals surface area contributed by atoms with Crippen LogP contribution in [0.2, 0.25) is 0 Å². The standard InChI is InChI=1S/C21H19F3N4O/c22-21(23,24)29-17-8-4-7-16(13-17)18-14-19(28-11-9-25-10-12-28)27-20(26-18)15-5-2-1-3-6-15/h1-8,13-14,25H,9-12H2. The fraction of sp³-hybridized carbons (Fsp3) is 0.238. The second-order valence-corrected chi connectivity index (χ2v) is 6.61. The van der Waals surface area contributed by atoms with Gasteiger partial charge in [-0.15, -0.1) is 13.2 Å². The monoisotopic (exact) mass is 400 g/mol. The number of rotatable bonds is 4. The lowest BCUT2D eigenvalue weighted by Crippen LogP contribution is -2.44. The van der Waals surface area contributed by atoms with Crippen LogP contribution in [0.15, 0.2) is 60.7 Å². The molecule has 1 aliphatic heterocycles. The highest BCUT2D eigenvalue weighted by Gasteiger charge is 2.31. The van der Waals surface area contributed by atoms with Crippen LogP contribution in [0, 0.1) is 0 Å². The lowest BCUT2D eigenvalue weighted by Gasteiger charge is -2.29. The van der Waals surface area contributed by atoms with E-state index in [1.165, 1.54) is 18.2 Å². The number of piperazine rings is 1. The van der Waals surface area contributed by atoms with Gasteiger partial charge in [-0.3, -0.25) is 0 Å². The summed E-state index contributed by atoms with van der Waals surface area (Å²) in [5.74, 6) is 0.995. The Morgan fingerprint density at radius 1 is 0.862 bits per heavy atom. The summed E-state index contributed by atoms with van der Waals surface area (Å²) in [6, 6.07) is 17.2. The molecule has 1 fully saturated rings. The largest absolute Gasteiger partial charge is 0.573 e. The maximum Gasteiger partial charge on any atom is 0.573 e. The summed E-state index contributed by atoms with van der Waals surface area (Å²) in [7, 11) is 0. The minimum Gasteiger partial charge on any atom is -0.406 e. The molecule has 2 heterocycles. The number of hydrogen-bond donors (Lipinski definition) is 1. The molecule has 5 nitrogen and oxygen atoms in total. The number of anilines is 1. The molecule has 0 radical (unpaired) electrons. The maximum absolute atomic E-state index is 12.6. The average molecular weight is 400 g/mol. The van der Waals surface area contributed by atoms with E-state index >= 15 is 0 Å². The van der Waals surface area contributed by atoms with Gasteiger partial charge in [0.1, 0.15) is 11.6 Å². The van der Waals surface area contributed by atoms with Crippen molar-refractivity contribution < 1.29 is 17.9 Å². The minimum atomic E-state index is -4.74. The Morgan fingerprint density at radius 2 is 1.59 bits per heavy atom. The summed E-state index contributed by atoms with van der Waals surface area (Å²) >= 11 is 0. The topological polar surface area (TPSA) is 50.3 Å². The summed E-state index contributed by atoms with van der Waals surface area (Å²) in [5.41, 5.74) is 1.91. The van der Waals surface area contributed by atoms with Crippen LogP contribution in [0.4, 0.5) is 19.0 Å². The Bertz CT molecular complexity index is 973. The molecular weight excluding hydrogens is 381 g/mol. The second-order valence-electron chi connectivity index (χ2n) is 6.61. The Morgan fingerprint density at radius 3 is 2.31 bits per heavy atom.